The van der Waals surface area contributed by atoms with Gasteiger partial charge in [-0.1, -0.05) is 18.2 Å². The molecular formula is C22H21ClN8O3. The molecule has 34 heavy (non-hydrogen) atoms. The summed E-state index contributed by atoms with van der Waals surface area (Å²) in [7, 11) is 0. The normalized spacial score (nSPS) is 18.1. The zero-order chi connectivity index (χ0) is 23.8. The molecule has 12 heteroatoms. The molecule has 4 N–H and O–H groups in total. The van der Waals surface area contributed by atoms with Crippen molar-refractivity contribution in [3.63, 3.8) is 0 Å². The molecule has 0 spiro atoms. The highest BCUT2D eigenvalue weighted by molar-refractivity contribution is 6.31. The van der Waals surface area contributed by atoms with Crippen molar-refractivity contribution in [1.82, 2.24) is 30.0 Å². The van der Waals surface area contributed by atoms with Gasteiger partial charge in [0.2, 0.25) is 5.91 Å². The van der Waals surface area contributed by atoms with E-state index in [1.54, 1.807) is 22.9 Å². The zero-order valence-corrected chi connectivity index (χ0v) is 18.7. The fraction of sp³-hybridized carbons (Fsp3) is 0.273. The molecule has 1 aromatic carbocycles. The molecule has 0 saturated heterocycles. The predicted octanol–water partition coefficient (Wildman–Crippen LogP) is 3.24. The van der Waals surface area contributed by atoms with Crippen LogP contribution in [0.1, 0.15) is 42.2 Å². The highest BCUT2D eigenvalue weighted by atomic mass is 35.5. The predicted molar refractivity (Wildman–Crippen MR) is 126 cm³/mol. The van der Waals surface area contributed by atoms with Gasteiger partial charge in [0.15, 0.2) is 16.9 Å². The Bertz CT molecular complexity index is 1420. The van der Waals surface area contributed by atoms with E-state index >= 15 is 0 Å². The number of hydrogen-bond donors (Lipinski definition) is 3. The summed E-state index contributed by atoms with van der Waals surface area (Å²) in [6.45, 7) is 3.49. The van der Waals surface area contributed by atoms with Crippen molar-refractivity contribution in [2.45, 2.75) is 37.8 Å². The molecule has 1 saturated carbocycles. The van der Waals surface area contributed by atoms with E-state index in [0.717, 1.165) is 25.7 Å². The second-order valence-electron chi connectivity index (χ2n) is 8.05. The fourth-order valence-corrected chi connectivity index (χ4v) is 4.41. The number of carbonyl (C=O) groups is 2. The van der Waals surface area contributed by atoms with Crippen LogP contribution in [-0.4, -0.2) is 42.6 Å². The summed E-state index contributed by atoms with van der Waals surface area (Å²) in [5.41, 5.74) is 7.66. The van der Waals surface area contributed by atoms with Crippen LogP contribution < -0.4 is 16.4 Å². The number of anilines is 2. The van der Waals surface area contributed by atoms with Crippen molar-refractivity contribution in [2.24, 2.45) is 0 Å². The van der Waals surface area contributed by atoms with E-state index in [2.05, 4.69) is 37.3 Å². The van der Waals surface area contributed by atoms with Crippen molar-refractivity contribution >= 4 is 57.4 Å². The Kier molecular flexibility index (Phi) is 5.62. The van der Waals surface area contributed by atoms with Gasteiger partial charge in [0.1, 0.15) is 17.7 Å². The van der Waals surface area contributed by atoms with Gasteiger partial charge in [0.25, 0.3) is 5.91 Å². The highest BCUT2D eigenvalue weighted by Crippen LogP contribution is 2.33. The van der Waals surface area contributed by atoms with Crippen LogP contribution >= 0.6 is 11.6 Å². The first-order valence-corrected chi connectivity index (χ1v) is 11.1. The molecule has 0 atom stereocenters. The lowest BCUT2D eigenvalue weighted by atomic mass is 9.91. The van der Waals surface area contributed by atoms with Gasteiger partial charge >= 0.3 is 6.01 Å². The number of aromatic nitrogens is 5. The van der Waals surface area contributed by atoms with E-state index in [4.69, 9.17) is 21.8 Å². The molecule has 4 aromatic rings. The molecule has 3 heterocycles. The number of hydrogen-bond acceptors (Lipinski definition) is 8. The zero-order valence-electron chi connectivity index (χ0n) is 18.0. The maximum absolute atomic E-state index is 13.1. The van der Waals surface area contributed by atoms with Gasteiger partial charge in [-0.05, 0) is 50.0 Å². The van der Waals surface area contributed by atoms with Crippen LogP contribution in [0.25, 0.3) is 22.1 Å². The second-order valence-corrected chi connectivity index (χ2v) is 8.49. The Balaban J connectivity index is 1.42. The van der Waals surface area contributed by atoms with Gasteiger partial charge in [0.05, 0.1) is 11.4 Å². The van der Waals surface area contributed by atoms with E-state index in [1.165, 1.54) is 12.4 Å². The van der Waals surface area contributed by atoms with Crippen LogP contribution in [0.5, 0.6) is 0 Å². The van der Waals surface area contributed by atoms with E-state index in [9.17, 15) is 9.59 Å². The summed E-state index contributed by atoms with van der Waals surface area (Å²) in [4.78, 5) is 37.4. The first kappa shape index (κ1) is 21.8. The third-order valence-electron chi connectivity index (χ3n) is 5.88. The number of benzene rings is 1. The molecule has 0 radical (unpaired) electrons. The number of halogens is 1. The molecule has 2 amide bonds. The average molecular weight is 481 g/mol. The molecular weight excluding hydrogens is 460 g/mol. The molecule has 1 fully saturated rings. The fourth-order valence-electron chi connectivity index (χ4n) is 4.24. The Morgan fingerprint density at radius 1 is 1.24 bits per heavy atom. The largest absolute Gasteiger partial charge is 0.423 e. The summed E-state index contributed by atoms with van der Waals surface area (Å²) < 4.78 is 7.31. The third kappa shape index (κ3) is 4.05. The van der Waals surface area contributed by atoms with E-state index in [1.807, 2.05) is 0 Å². The van der Waals surface area contributed by atoms with Crippen LogP contribution in [0.3, 0.4) is 0 Å². The van der Waals surface area contributed by atoms with E-state index < -0.39 is 5.91 Å². The van der Waals surface area contributed by atoms with Gasteiger partial charge < -0.3 is 15.5 Å². The Morgan fingerprint density at radius 3 is 2.79 bits per heavy atom. The number of amides is 2. The van der Waals surface area contributed by atoms with Crippen molar-refractivity contribution in [2.75, 3.05) is 11.1 Å². The molecule has 1 aliphatic rings. The van der Waals surface area contributed by atoms with Gasteiger partial charge in [-0.15, -0.1) is 0 Å². The number of oxazole rings is 1. The average Bonchev–Trinajstić information content (AvgIpc) is 3.41. The summed E-state index contributed by atoms with van der Waals surface area (Å²) in [5, 5.41) is 11.0. The molecule has 0 aliphatic heterocycles. The first-order valence-electron chi connectivity index (χ1n) is 10.7. The van der Waals surface area contributed by atoms with Crippen molar-refractivity contribution in [3.05, 3.63) is 47.9 Å². The molecule has 5 rings (SSSR count). The molecule has 0 unspecified atom stereocenters. The standard InChI is InChI=1S/C22H21ClN8O3/c1-2-16(32)27-12-4-6-13(7-5-12)31-20-17(19(24)25-10-26-20)18(30-31)21(33)29-22-28-14-9-11(23)3-8-15(14)34-22/h2-3,8-10,12-13H,1,4-7H2,(H,27,32)(H2,24,25,26)(H,28,29,33)/t12-,13+. The van der Waals surface area contributed by atoms with Crippen LogP contribution in [0.2, 0.25) is 5.02 Å². The minimum atomic E-state index is -0.546. The number of fused-ring (bicyclic) bond motifs is 2. The number of nitrogens with one attached hydrogen (secondary N) is 2. The Hall–Kier alpha value is -3.99. The van der Waals surface area contributed by atoms with Crippen molar-refractivity contribution < 1.29 is 14.0 Å². The maximum Gasteiger partial charge on any atom is 0.302 e. The van der Waals surface area contributed by atoms with Crippen molar-refractivity contribution in [1.29, 1.82) is 0 Å². The van der Waals surface area contributed by atoms with Gasteiger partial charge in [-0.25, -0.2) is 14.6 Å². The highest BCUT2D eigenvalue weighted by Gasteiger charge is 2.29. The molecule has 0 bridgehead atoms. The summed E-state index contributed by atoms with van der Waals surface area (Å²) in [6.07, 6.45) is 5.63. The number of nitrogens with two attached hydrogens (primary N) is 1. The molecule has 174 valence electrons. The van der Waals surface area contributed by atoms with Gasteiger partial charge in [-0.2, -0.15) is 10.1 Å². The van der Waals surface area contributed by atoms with Crippen LogP contribution in [0.4, 0.5) is 11.8 Å². The maximum atomic E-state index is 13.1. The lowest BCUT2D eigenvalue weighted by Gasteiger charge is -2.29. The topological polar surface area (TPSA) is 154 Å². The van der Waals surface area contributed by atoms with Crippen molar-refractivity contribution in [3.8, 4) is 0 Å². The Morgan fingerprint density at radius 2 is 2.03 bits per heavy atom. The number of nitrogens with zero attached hydrogens (tertiary/aromatic N) is 5. The number of carbonyl (C=O) groups excluding carboxylic acids is 2. The van der Waals surface area contributed by atoms with E-state index in [0.29, 0.717) is 27.2 Å². The monoisotopic (exact) mass is 480 g/mol. The summed E-state index contributed by atoms with van der Waals surface area (Å²) in [6, 6.07) is 5.05. The molecule has 11 nitrogen and oxygen atoms in total. The molecule has 1 aliphatic carbocycles. The van der Waals surface area contributed by atoms with Crippen LogP contribution in [0.15, 0.2) is 41.6 Å². The quantitative estimate of drug-likeness (QED) is 0.368. The lowest BCUT2D eigenvalue weighted by molar-refractivity contribution is -0.117. The minimum absolute atomic E-state index is 0.0123. The summed E-state index contributed by atoms with van der Waals surface area (Å²) in [5.74, 6) is -0.582. The second kappa shape index (κ2) is 8.75. The smallest absolute Gasteiger partial charge is 0.302 e. The van der Waals surface area contributed by atoms with E-state index in [-0.39, 0.29) is 35.5 Å². The summed E-state index contributed by atoms with van der Waals surface area (Å²) >= 11 is 6.00. The molecule has 3 aromatic heterocycles. The Labute approximate surface area is 198 Å². The lowest BCUT2D eigenvalue weighted by Crippen LogP contribution is -2.37. The third-order valence-corrected chi connectivity index (χ3v) is 6.11. The van der Waals surface area contributed by atoms with Gasteiger partial charge in [-0.3, -0.25) is 14.9 Å². The van der Waals surface area contributed by atoms with Gasteiger partial charge in [0, 0.05) is 11.1 Å². The van der Waals surface area contributed by atoms with Crippen LogP contribution in [-0.2, 0) is 4.79 Å². The van der Waals surface area contributed by atoms with Crippen LogP contribution in [0, 0.1) is 0 Å². The SMILES string of the molecule is C=CC(=O)N[C@H]1CC[C@@H](n2nc(C(=O)Nc3nc4cc(Cl)ccc4o3)c3c(N)ncnc32)CC1. The minimum Gasteiger partial charge on any atom is -0.423 e. The number of nitrogen functional groups attached to an aromatic ring is 1. The first-order chi connectivity index (χ1) is 16.4. The number of rotatable bonds is 5.